The monoisotopic (exact) mass is 279 g/mol. The molecular formula is C16H16F3N. The van der Waals surface area contributed by atoms with Crippen molar-refractivity contribution in [1.29, 1.82) is 0 Å². The summed E-state index contributed by atoms with van der Waals surface area (Å²) < 4.78 is 39.7. The van der Waals surface area contributed by atoms with Gasteiger partial charge >= 0.3 is 0 Å². The summed E-state index contributed by atoms with van der Waals surface area (Å²) >= 11 is 0. The summed E-state index contributed by atoms with van der Waals surface area (Å²) in [6.45, 7) is 3.97. The Morgan fingerprint density at radius 2 is 1.55 bits per heavy atom. The maximum absolute atomic E-state index is 13.6. The van der Waals surface area contributed by atoms with Gasteiger partial charge in [0.2, 0.25) is 0 Å². The van der Waals surface area contributed by atoms with Gasteiger partial charge in [0.05, 0.1) is 0 Å². The third-order valence-electron chi connectivity index (χ3n) is 3.47. The van der Waals surface area contributed by atoms with Gasteiger partial charge in [0.1, 0.15) is 5.82 Å². The van der Waals surface area contributed by atoms with Crippen molar-refractivity contribution in [1.82, 2.24) is 0 Å². The first kappa shape index (κ1) is 14.6. The zero-order valence-corrected chi connectivity index (χ0v) is 11.4. The Bertz CT molecular complexity index is 638. The maximum atomic E-state index is 13.6. The highest BCUT2D eigenvalue weighted by molar-refractivity contribution is 5.32. The van der Waals surface area contributed by atoms with Crippen LogP contribution >= 0.6 is 0 Å². The van der Waals surface area contributed by atoms with Gasteiger partial charge < -0.3 is 5.73 Å². The summed E-state index contributed by atoms with van der Waals surface area (Å²) in [5.41, 5.74) is 9.09. The normalized spacial score (nSPS) is 12.5. The average molecular weight is 279 g/mol. The van der Waals surface area contributed by atoms with Crippen LogP contribution in [0.2, 0.25) is 0 Å². The van der Waals surface area contributed by atoms with Crippen LogP contribution in [-0.2, 0) is 6.42 Å². The van der Waals surface area contributed by atoms with Crippen LogP contribution in [0.3, 0.4) is 0 Å². The molecule has 0 amide bonds. The second kappa shape index (κ2) is 5.67. The highest BCUT2D eigenvalue weighted by Crippen LogP contribution is 2.22. The van der Waals surface area contributed by atoms with Crippen molar-refractivity contribution in [2.45, 2.75) is 26.3 Å². The van der Waals surface area contributed by atoms with Crippen molar-refractivity contribution >= 4 is 0 Å². The highest BCUT2D eigenvalue weighted by atomic mass is 19.2. The first-order valence-corrected chi connectivity index (χ1v) is 6.34. The lowest BCUT2D eigenvalue weighted by atomic mass is 9.96. The number of halogens is 3. The second-order valence-electron chi connectivity index (χ2n) is 5.02. The lowest BCUT2D eigenvalue weighted by molar-refractivity contribution is 0.484. The molecule has 0 aromatic heterocycles. The lowest BCUT2D eigenvalue weighted by Gasteiger charge is -2.14. The van der Waals surface area contributed by atoms with Gasteiger partial charge in [0.15, 0.2) is 11.6 Å². The molecule has 0 bridgehead atoms. The van der Waals surface area contributed by atoms with Crippen molar-refractivity contribution in [2.75, 3.05) is 0 Å². The van der Waals surface area contributed by atoms with E-state index >= 15 is 0 Å². The topological polar surface area (TPSA) is 26.0 Å². The third-order valence-corrected chi connectivity index (χ3v) is 3.47. The van der Waals surface area contributed by atoms with Gasteiger partial charge in [0, 0.05) is 17.7 Å². The molecule has 0 aliphatic heterocycles. The zero-order chi connectivity index (χ0) is 14.9. The second-order valence-corrected chi connectivity index (χ2v) is 5.02. The lowest BCUT2D eigenvalue weighted by Crippen LogP contribution is -2.16. The van der Waals surface area contributed by atoms with Crippen molar-refractivity contribution in [3.8, 4) is 0 Å². The summed E-state index contributed by atoms with van der Waals surface area (Å²) in [6.07, 6.45) is 0.364. The summed E-state index contributed by atoms with van der Waals surface area (Å²) in [7, 11) is 0. The predicted molar refractivity (Wildman–Crippen MR) is 72.9 cm³/mol. The fourth-order valence-electron chi connectivity index (χ4n) is 2.12. The number of aryl methyl sites for hydroxylation is 2. The van der Waals surface area contributed by atoms with E-state index in [1.807, 2.05) is 32.0 Å². The average Bonchev–Trinajstić information content (AvgIpc) is 2.38. The molecule has 0 spiro atoms. The highest BCUT2D eigenvalue weighted by Gasteiger charge is 2.16. The maximum Gasteiger partial charge on any atom is 0.161 e. The van der Waals surface area contributed by atoms with Crippen LogP contribution in [0.25, 0.3) is 0 Å². The van der Waals surface area contributed by atoms with E-state index in [9.17, 15) is 13.2 Å². The van der Waals surface area contributed by atoms with E-state index in [2.05, 4.69) is 0 Å². The van der Waals surface area contributed by atoms with E-state index in [0.717, 1.165) is 22.8 Å². The first-order chi connectivity index (χ1) is 9.38. The van der Waals surface area contributed by atoms with E-state index < -0.39 is 23.5 Å². The number of hydrogen-bond donors (Lipinski definition) is 1. The zero-order valence-electron chi connectivity index (χ0n) is 11.4. The molecule has 2 aromatic carbocycles. The molecule has 4 heteroatoms. The minimum Gasteiger partial charge on any atom is -0.324 e. The molecule has 20 heavy (non-hydrogen) atoms. The van der Waals surface area contributed by atoms with Gasteiger partial charge in [-0.15, -0.1) is 0 Å². The summed E-state index contributed by atoms with van der Waals surface area (Å²) in [5, 5.41) is 0. The molecule has 2 rings (SSSR count). The quantitative estimate of drug-likeness (QED) is 0.845. The summed E-state index contributed by atoms with van der Waals surface area (Å²) in [6, 6.07) is 6.47. The fraction of sp³-hybridized carbons (Fsp3) is 0.250. The third kappa shape index (κ3) is 3.02. The van der Waals surface area contributed by atoms with Crippen LogP contribution < -0.4 is 5.73 Å². The number of hydrogen-bond acceptors (Lipinski definition) is 1. The molecule has 0 aliphatic carbocycles. The van der Waals surface area contributed by atoms with Crippen LogP contribution in [-0.4, -0.2) is 0 Å². The fourth-order valence-corrected chi connectivity index (χ4v) is 2.12. The Morgan fingerprint density at radius 3 is 2.20 bits per heavy atom. The van der Waals surface area contributed by atoms with Gasteiger partial charge in [0.25, 0.3) is 0 Å². The van der Waals surface area contributed by atoms with E-state index in [1.54, 1.807) is 0 Å². The van der Waals surface area contributed by atoms with Crippen LogP contribution in [0.4, 0.5) is 13.2 Å². The van der Waals surface area contributed by atoms with Gasteiger partial charge in [-0.25, -0.2) is 13.2 Å². The largest absolute Gasteiger partial charge is 0.324 e. The smallest absolute Gasteiger partial charge is 0.161 e. The Labute approximate surface area is 116 Å². The number of rotatable bonds is 3. The minimum absolute atomic E-state index is 0.0119. The molecule has 0 saturated heterocycles. The molecule has 0 aliphatic rings. The Hall–Kier alpha value is -1.81. The molecule has 0 heterocycles. The van der Waals surface area contributed by atoms with E-state index in [-0.39, 0.29) is 5.56 Å². The molecule has 0 fully saturated rings. The standard InChI is InChI=1S/C16H16F3N/c1-9-3-4-11(5-10(9)2)6-16(20)12-7-14(18)15(19)8-13(12)17/h3-5,7-8,16H,6,20H2,1-2H3. The number of benzene rings is 2. The van der Waals surface area contributed by atoms with Gasteiger partial charge in [-0.2, -0.15) is 0 Å². The molecule has 1 nitrogen and oxygen atoms in total. The molecular weight excluding hydrogens is 263 g/mol. The molecule has 106 valence electrons. The summed E-state index contributed by atoms with van der Waals surface area (Å²) in [5.74, 6) is -3.11. The SMILES string of the molecule is Cc1ccc(CC(N)c2cc(F)c(F)cc2F)cc1C. The molecule has 1 atom stereocenters. The van der Waals surface area contributed by atoms with E-state index in [4.69, 9.17) is 5.73 Å². The van der Waals surface area contributed by atoms with E-state index in [1.165, 1.54) is 0 Å². The van der Waals surface area contributed by atoms with Crippen LogP contribution in [0.5, 0.6) is 0 Å². The first-order valence-electron chi connectivity index (χ1n) is 6.34. The van der Waals surface area contributed by atoms with Gasteiger partial charge in [-0.05, 0) is 43.0 Å². The van der Waals surface area contributed by atoms with Crippen LogP contribution in [0.15, 0.2) is 30.3 Å². The Balaban J connectivity index is 2.25. The minimum atomic E-state index is -1.20. The van der Waals surface area contributed by atoms with Crippen LogP contribution in [0, 0.1) is 31.3 Å². The molecule has 0 saturated carbocycles. The van der Waals surface area contributed by atoms with Crippen molar-refractivity contribution < 1.29 is 13.2 Å². The molecule has 1 unspecified atom stereocenters. The molecule has 0 radical (unpaired) electrons. The van der Waals surface area contributed by atoms with E-state index in [0.29, 0.717) is 12.5 Å². The number of nitrogens with two attached hydrogens (primary N) is 1. The van der Waals surface area contributed by atoms with Gasteiger partial charge in [-0.3, -0.25) is 0 Å². The van der Waals surface area contributed by atoms with Crippen molar-refractivity contribution in [2.24, 2.45) is 5.73 Å². The summed E-state index contributed by atoms with van der Waals surface area (Å²) in [4.78, 5) is 0. The Kier molecular flexibility index (Phi) is 4.14. The van der Waals surface area contributed by atoms with Crippen LogP contribution in [0.1, 0.15) is 28.3 Å². The predicted octanol–water partition coefficient (Wildman–Crippen LogP) is 3.96. The van der Waals surface area contributed by atoms with Gasteiger partial charge in [-0.1, -0.05) is 18.2 Å². The molecule has 2 N–H and O–H groups in total. The van der Waals surface area contributed by atoms with Crippen molar-refractivity contribution in [3.05, 3.63) is 70.0 Å². The Morgan fingerprint density at radius 1 is 0.900 bits per heavy atom. The van der Waals surface area contributed by atoms with Crippen molar-refractivity contribution in [3.63, 3.8) is 0 Å². The molecule has 2 aromatic rings.